The summed E-state index contributed by atoms with van der Waals surface area (Å²) in [6.07, 6.45) is 2.35. The molecule has 1 aromatic rings. The van der Waals surface area contributed by atoms with Crippen molar-refractivity contribution in [2.24, 2.45) is 5.41 Å². The molecule has 1 aliphatic rings. The molecule has 20 heavy (non-hydrogen) atoms. The minimum absolute atomic E-state index is 0.0967. The number of nitrogens with one attached hydrogen (secondary N) is 2. The lowest BCUT2D eigenvalue weighted by Gasteiger charge is -2.38. The number of rotatable bonds is 5. The van der Waals surface area contributed by atoms with Crippen molar-refractivity contribution < 1.29 is 4.79 Å². The average molecular weight is 274 g/mol. The van der Waals surface area contributed by atoms with Crippen LogP contribution in [0, 0.1) is 12.3 Å². The van der Waals surface area contributed by atoms with Crippen molar-refractivity contribution in [3.63, 3.8) is 0 Å². The maximum absolute atomic E-state index is 11.7. The monoisotopic (exact) mass is 274 g/mol. The molecular formula is C17H26N2O. The zero-order chi connectivity index (χ0) is 14.8. The minimum Gasteiger partial charge on any atom is -0.359 e. The highest BCUT2D eigenvalue weighted by Crippen LogP contribution is 2.37. The number of hydrogen-bond acceptors (Lipinski definition) is 2. The third-order valence-electron chi connectivity index (χ3n) is 4.36. The molecule has 0 heterocycles. The lowest BCUT2D eigenvalue weighted by molar-refractivity contribution is -0.128. The van der Waals surface area contributed by atoms with Gasteiger partial charge < -0.3 is 10.6 Å². The summed E-state index contributed by atoms with van der Waals surface area (Å²) in [7, 11) is 1.70. The Kier molecular flexibility index (Phi) is 4.48. The Labute approximate surface area is 122 Å². The van der Waals surface area contributed by atoms with Gasteiger partial charge in [-0.2, -0.15) is 0 Å². The summed E-state index contributed by atoms with van der Waals surface area (Å²) >= 11 is 0. The van der Waals surface area contributed by atoms with Crippen LogP contribution in [0.4, 0.5) is 0 Å². The topological polar surface area (TPSA) is 41.1 Å². The van der Waals surface area contributed by atoms with Gasteiger partial charge in [-0.1, -0.05) is 29.8 Å². The summed E-state index contributed by atoms with van der Waals surface area (Å²) in [4.78, 5) is 11.7. The van der Waals surface area contributed by atoms with Crippen molar-refractivity contribution in [3.8, 4) is 0 Å². The third kappa shape index (κ3) is 3.40. The van der Waals surface area contributed by atoms with Crippen LogP contribution in [0.15, 0.2) is 24.3 Å². The maximum Gasteiger partial charge on any atom is 0.226 e. The number of benzene rings is 1. The van der Waals surface area contributed by atoms with Crippen molar-refractivity contribution in [3.05, 3.63) is 35.4 Å². The molecule has 0 unspecified atom stereocenters. The predicted octanol–water partition coefficient (Wildman–Crippen LogP) is 2.60. The van der Waals surface area contributed by atoms with Gasteiger partial charge in [0, 0.05) is 19.6 Å². The molecule has 2 rings (SSSR count). The second-order valence-electron chi connectivity index (χ2n) is 6.62. The molecule has 1 aromatic carbocycles. The number of carbonyl (C=O) groups excluding carboxylic acids is 1. The van der Waals surface area contributed by atoms with E-state index >= 15 is 0 Å². The molecule has 3 heteroatoms. The molecule has 0 atom stereocenters. The molecule has 0 aromatic heterocycles. The van der Waals surface area contributed by atoms with E-state index in [0.29, 0.717) is 12.0 Å². The molecule has 1 saturated carbocycles. The average Bonchev–Trinajstić information content (AvgIpc) is 2.37. The Morgan fingerprint density at radius 3 is 2.40 bits per heavy atom. The first kappa shape index (κ1) is 15.0. The van der Waals surface area contributed by atoms with E-state index in [2.05, 4.69) is 41.8 Å². The van der Waals surface area contributed by atoms with Crippen molar-refractivity contribution >= 4 is 5.91 Å². The summed E-state index contributed by atoms with van der Waals surface area (Å²) in [6.45, 7) is 6.82. The van der Waals surface area contributed by atoms with E-state index in [0.717, 1.165) is 6.54 Å². The highest BCUT2D eigenvalue weighted by molar-refractivity contribution is 5.81. The highest BCUT2D eigenvalue weighted by atomic mass is 16.2. The van der Waals surface area contributed by atoms with Crippen molar-refractivity contribution in [2.75, 3.05) is 13.6 Å². The first-order chi connectivity index (χ1) is 9.42. The van der Waals surface area contributed by atoms with Crippen LogP contribution < -0.4 is 10.6 Å². The fraction of sp³-hybridized carbons (Fsp3) is 0.588. The molecule has 1 amide bonds. The molecule has 110 valence electrons. The molecule has 0 radical (unpaired) electrons. The first-order valence-electron chi connectivity index (χ1n) is 7.44. The van der Waals surface area contributed by atoms with Crippen LogP contribution in [-0.2, 0) is 4.79 Å². The van der Waals surface area contributed by atoms with E-state index in [1.807, 2.05) is 13.8 Å². The van der Waals surface area contributed by atoms with Gasteiger partial charge in [0.15, 0.2) is 0 Å². The Bertz CT molecular complexity index is 458. The van der Waals surface area contributed by atoms with Gasteiger partial charge in [0.1, 0.15) is 0 Å². The van der Waals surface area contributed by atoms with Gasteiger partial charge in [-0.15, -0.1) is 0 Å². The Morgan fingerprint density at radius 2 is 1.85 bits per heavy atom. The second-order valence-corrected chi connectivity index (χ2v) is 6.62. The fourth-order valence-corrected chi connectivity index (χ4v) is 2.71. The van der Waals surface area contributed by atoms with E-state index in [1.165, 1.54) is 24.0 Å². The standard InChI is InChI=1S/C17H26N2O/c1-12-5-7-13(8-6-12)14-9-15(10-14)19-11-17(2,3)16(20)18-4/h5-8,14-15,19H,9-11H2,1-4H3,(H,18,20). The minimum atomic E-state index is -0.344. The summed E-state index contributed by atoms with van der Waals surface area (Å²) in [5, 5.41) is 6.25. The van der Waals surface area contributed by atoms with Gasteiger partial charge >= 0.3 is 0 Å². The zero-order valence-corrected chi connectivity index (χ0v) is 13.0. The number of amides is 1. The fourth-order valence-electron chi connectivity index (χ4n) is 2.71. The molecular weight excluding hydrogens is 248 g/mol. The molecule has 1 aliphatic carbocycles. The summed E-state index contributed by atoms with van der Waals surface area (Å²) in [5.74, 6) is 0.774. The SMILES string of the molecule is CNC(=O)C(C)(C)CNC1CC(c2ccc(C)cc2)C1. The Morgan fingerprint density at radius 1 is 1.25 bits per heavy atom. The summed E-state index contributed by atoms with van der Waals surface area (Å²) in [6, 6.07) is 9.40. The third-order valence-corrected chi connectivity index (χ3v) is 4.36. The van der Waals surface area contributed by atoms with Crippen LogP contribution in [-0.4, -0.2) is 25.5 Å². The molecule has 0 aliphatic heterocycles. The van der Waals surface area contributed by atoms with E-state index in [4.69, 9.17) is 0 Å². The van der Waals surface area contributed by atoms with Gasteiger partial charge in [0.2, 0.25) is 5.91 Å². The Balaban J connectivity index is 1.77. The molecule has 0 saturated heterocycles. The van der Waals surface area contributed by atoms with Crippen molar-refractivity contribution in [1.29, 1.82) is 0 Å². The molecule has 3 nitrogen and oxygen atoms in total. The maximum atomic E-state index is 11.7. The number of aryl methyl sites for hydroxylation is 1. The molecule has 0 bridgehead atoms. The largest absolute Gasteiger partial charge is 0.359 e. The first-order valence-corrected chi connectivity index (χ1v) is 7.44. The van der Waals surface area contributed by atoms with E-state index < -0.39 is 0 Å². The van der Waals surface area contributed by atoms with Crippen molar-refractivity contribution in [1.82, 2.24) is 10.6 Å². The van der Waals surface area contributed by atoms with E-state index in [1.54, 1.807) is 7.05 Å². The number of hydrogen-bond donors (Lipinski definition) is 2. The lowest BCUT2D eigenvalue weighted by atomic mass is 9.75. The summed E-state index contributed by atoms with van der Waals surface area (Å²) in [5.41, 5.74) is 2.42. The normalized spacial score (nSPS) is 22.2. The summed E-state index contributed by atoms with van der Waals surface area (Å²) < 4.78 is 0. The molecule has 1 fully saturated rings. The highest BCUT2D eigenvalue weighted by Gasteiger charge is 2.33. The van der Waals surface area contributed by atoms with Gasteiger partial charge in [0.25, 0.3) is 0 Å². The van der Waals surface area contributed by atoms with Crippen LogP contribution >= 0.6 is 0 Å². The Hall–Kier alpha value is -1.35. The van der Waals surface area contributed by atoms with Crippen LogP contribution in [0.2, 0.25) is 0 Å². The van der Waals surface area contributed by atoms with Gasteiger partial charge in [-0.05, 0) is 45.1 Å². The van der Waals surface area contributed by atoms with Crippen LogP contribution in [0.3, 0.4) is 0 Å². The lowest BCUT2D eigenvalue weighted by Crippen LogP contribution is -2.48. The van der Waals surface area contributed by atoms with E-state index in [9.17, 15) is 4.79 Å². The number of carbonyl (C=O) groups is 1. The van der Waals surface area contributed by atoms with Crippen LogP contribution in [0.5, 0.6) is 0 Å². The predicted molar refractivity (Wildman–Crippen MR) is 82.8 cm³/mol. The zero-order valence-electron chi connectivity index (χ0n) is 13.0. The van der Waals surface area contributed by atoms with Gasteiger partial charge in [0.05, 0.1) is 5.41 Å². The van der Waals surface area contributed by atoms with Crippen LogP contribution in [0.25, 0.3) is 0 Å². The molecule has 0 spiro atoms. The molecule has 2 N–H and O–H groups in total. The van der Waals surface area contributed by atoms with E-state index in [-0.39, 0.29) is 11.3 Å². The smallest absolute Gasteiger partial charge is 0.226 e. The van der Waals surface area contributed by atoms with Crippen molar-refractivity contribution in [2.45, 2.75) is 45.6 Å². The van der Waals surface area contributed by atoms with Gasteiger partial charge in [-0.25, -0.2) is 0 Å². The quantitative estimate of drug-likeness (QED) is 0.866. The van der Waals surface area contributed by atoms with Gasteiger partial charge in [-0.3, -0.25) is 4.79 Å². The van der Waals surface area contributed by atoms with Crippen LogP contribution in [0.1, 0.15) is 43.7 Å². The second kappa shape index (κ2) is 5.96.